The van der Waals surface area contributed by atoms with Crippen molar-refractivity contribution in [3.63, 3.8) is 0 Å². The van der Waals surface area contributed by atoms with E-state index in [4.69, 9.17) is 0 Å². The van der Waals surface area contributed by atoms with Crippen LogP contribution in [0.5, 0.6) is 0 Å². The number of unbranched alkanes of at least 4 members (excludes halogenated alkanes) is 24. The summed E-state index contributed by atoms with van der Waals surface area (Å²) in [5.41, 5.74) is 0.464. The Bertz CT molecular complexity index is 1600. The summed E-state index contributed by atoms with van der Waals surface area (Å²) in [5, 5.41) is 5.40. The summed E-state index contributed by atoms with van der Waals surface area (Å²) in [6, 6.07) is 8.06. The lowest BCUT2D eigenvalue weighted by Gasteiger charge is -2.10. The maximum atomic E-state index is 12.6. The summed E-state index contributed by atoms with van der Waals surface area (Å²) in [5.74, 6) is -0.524. The van der Waals surface area contributed by atoms with E-state index in [1.54, 1.807) is 0 Å². The van der Waals surface area contributed by atoms with Crippen LogP contribution >= 0.6 is 0 Å². The molecule has 12 heteroatoms. The van der Waals surface area contributed by atoms with E-state index < -0.39 is 30.0 Å². The first kappa shape index (κ1) is 51.1. The van der Waals surface area contributed by atoms with Gasteiger partial charge in [-0.3, -0.25) is 18.7 Å². The van der Waals surface area contributed by atoms with Gasteiger partial charge in [0.1, 0.15) is 9.79 Å². The van der Waals surface area contributed by atoms with E-state index in [1.165, 1.54) is 152 Å². The Hall–Kier alpha value is -3.06. The van der Waals surface area contributed by atoms with E-state index in [0.29, 0.717) is 12.8 Å². The Morgan fingerprint density at radius 2 is 0.707 bits per heavy atom. The van der Waals surface area contributed by atoms with Gasteiger partial charge in [0.15, 0.2) is 0 Å². The van der Waals surface area contributed by atoms with E-state index in [9.17, 15) is 35.5 Å². The van der Waals surface area contributed by atoms with E-state index in [2.05, 4.69) is 24.5 Å². The molecule has 0 fully saturated rings. The van der Waals surface area contributed by atoms with E-state index in [-0.39, 0.29) is 47.2 Å². The minimum atomic E-state index is -4.74. The lowest BCUT2D eigenvalue weighted by molar-refractivity contribution is -0.117. The van der Waals surface area contributed by atoms with Crippen molar-refractivity contribution in [2.24, 2.45) is 0 Å². The highest BCUT2D eigenvalue weighted by atomic mass is 32.2. The summed E-state index contributed by atoms with van der Waals surface area (Å²) in [7, 11) is -9.47. The van der Waals surface area contributed by atoms with Crippen LogP contribution in [0.15, 0.2) is 46.2 Å². The van der Waals surface area contributed by atoms with Crippen molar-refractivity contribution in [1.29, 1.82) is 0 Å². The molecule has 0 aromatic heterocycles. The van der Waals surface area contributed by atoms with Crippen molar-refractivity contribution in [2.75, 3.05) is 10.6 Å². The molecule has 0 radical (unpaired) electrons. The van der Waals surface area contributed by atoms with E-state index >= 15 is 0 Å². The second kappa shape index (κ2) is 30.0. The van der Waals surface area contributed by atoms with Crippen LogP contribution in [-0.2, 0) is 29.8 Å². The molecule has 2 rings (SSSR count). The lowest BCUT2D eigenvalue weighted by Crippen LogP contribution is -2.12. The van der Waals surface area contributed by atoms with Crippen molar-refractivity contribution < 1.29 is 35.5 Å². The largest absolute Gasteiger partial charge is 0.326 e. The first-order valence-electron chi connectivity index (χ1n) is 22.4. The third kappa shape index (κ3) is 23.5. The van der Waals surface area contributed by atoms with Crippen LogP contribution in [0, 0.1) is 0 Å². The fourth-order valence-electron chi connectivity index (χ4n) is 7.18. The minimum absolute atomic E-state index is 0.0356. The van der Waals surface area contributed by atoms with Gasteiger partial charge < -0.3 is 10.6 Å². The summed E-state index contributed by atoms with van der Waals surface area (Å²) in [4.78, 5) is 24.3. The van der Waals surface area contributed by atoms with Crippen LogP contribution in [0.3, 0.4) is 0 Å². The first-order valence-corrected chi connectivity index (χ1v) is 25.2. The number of carbonyl (C=O) groups is 2. The zero-order valence-electron chi connectivity index (χ0n) is 35.6. The van der Waals surface area contributed by atoms with Crippen molar-refractivity contribution in [3.05, 3.63) is 47.5 Å². The molecular formula is C46H74N2O8S2. The van der Waals surface area contributed by atoms with Gasteiger partial charge in [-0.15, -0.1) is 0 Å². The number of carbonyl (C=O) groups excluding carboxylic acids is 2. The molecular weight excluding hydrogens is 773 g/mol. The van der Waals surface area contributed by atoms with Crippen LogP contribution in [0.2, 0.25) is 0 Å². The van der Waals surface area contributed by atoms with Crippen LogP contribution in [0.25, 0.3) is 12.2 Å². The normalized spacial score (nSPS) is 12.0. The topological polar surface area (TPSA) is 167 Å². The molecule has 0 aliphatic rings. The van der Waals surface area contributed by atoms with Gasteiger partial charge in [0.05, 0.1) is 0 Å². The van der Waals surface area contributed by atoms with Crippen molar-refractivity contribution >= 4 is 55.6 Å². The summed E-state index contributed by atoms with van der Waals surface area (Å²) < 4.78 is 69.3. The molecule has 2 aromatic rings. The summed E-state index contributed by atoms with van der Waals surface area (Å²) in [6.45, 7) is 4.46. The molecule has 2 aromatic carbocycles. The molecule has 0 bridgehead atoms. The number of hydrogen-bond acceptors (Lipinski definition) is 6. The molecule has 4 N–H and O–H groups in total. The predicted octanol–water partition coefficient (Wildman–Crippen LogP) is 13.2. The highest BCUT2D eigenvalue weighted by Crippen LogP contribution is 2.27. The van der Waals surface area contributed by atoms with Gasteiger partial charge >= 0.3 is 0 Å². The zero-order valence-corrected chi connectivity index (χ0v) is 37.2. The average Bonchev–Trinajstić information content (AvgIpc) is 3.17. The number of rotatable bonds is 34. The standard InChI is InChI=1S/C46H74N2O8S2/c1-3-5-7-9-11-13-15-17-19-21-23-25-27-29-45(49)47-41-35-33-39(43(37-41)57(51,52)53)31-32-40-34-36-42(38-44(40)58(54,55)56)48-46(50)30-28-26-24-22-20-18-16-14-12-10-8-6-4-2/h31-38H,3-30H2,1-2H3,(H,47,49)(H,48,50)(H,51,52,53)(H,54,55,56). The van der Waals surface area contributed by atoms with Gasteiger partial charge in [0.25, 0.3) is 20.2 Å². The highest BCUT2D eigenvalue weighted by molar-refractivity contribution is 7.86. The summed E-state index contributed by atoms with van der Waals surface area (Å²) in [6.07, 6.45) is 34.2. The Kier molecular flexibility index (Phi) is 26.5. The molecule has 328 valence electrons. The molecule has 0 unspecified atom stereocenters. The molecule has 0 aliphatic heterocycles. The van der Waals surface area contributed by atoms with Crippen molar-refractivity contribution in [2.45, 2.75) is 203 Å². The third-order valence-electron chi connectivity index (χ3n) is 10.6. The van der Waals surface area contributed by atoms with Crippen LogP contribution in [-0.4, -0.2) is 37.8 Å². The van der Waals surface area contributed by atoms with Crippen LogP contribution in [0.1, 0.15) is 205 Å². The number of benzene rings is 2. The monoisotopic (exact) mass is 846 g/mol. The summed E-state index contributed by atoms with van der Waals surface area (Å²) >= 11 is 0. The van der Waals surface area contributed by atoms with Crippen LogP contribution < -0.4 is 10.6 Å². The lowest BCUT2D eigenvalue weighted by atomic mass is 10.0. The molecule has 0 spiro atoms. The second-order valence-electron chi connectivity index (χ2n) is 15.9. The smallest absolute Gasteiger partial charge is 0.295 e. The average molecular weight is 847 g/mol. The first-order chi connectivity index (χ1) is 27.8. The Morgan fingerprint density at radius 1 is 0.448 bits per heavy atom. The quantitative estimate of drug-likeness (QED) is 0.0307. The molecule has 10 nitrogen and oxygen atoms in total. The highest BCUT2D eigenvalue weighted by Gasteiger charge is 2.18. The Balaban J connectivity index is 1.84. The molecule has 0 saturated carbocycles. The second-order valence-corrected chi connectivity index (χ2v) is 18.7. The van der Waals surface area contributed by atoms with Crippen molar-refractivity contribution in [1.82, 2.24) is 0 Å². The minimum Gasteiger partial charge on any atom is -0.326 e. The van der Waals surface area contributed by atoms with Gasteiger partial charge in [0.2, 0.25) is 11.8 Å². The van der Waals surface area contributed by atoms with Crippen molar-refractivity contribution in [3.8, 4) is 0 Å². The van der Waals surface area contributed by atoms with Gasteiger partial charge in [-0.1, -0.05) is 192 Å². The fourth-order valence-corrected chi connectivity index (χ4v) is 8.60. The maximum Gasteiger partial charge on any atom is 0.295 e. The van der Waals surface area contributed by atoms with Gasteiger partial charge in [-0.05, 0) is 48.2 Å². The molecule has 2 amide bonds. The fraction of sp³-hybridized carbons (Fsp3) is 0.652. The molecule has 0 aliphatic carbocycles. The number of hydrogen-bond donors (Lipinski definition) is 4. The zero-order chi connectivity index (χ0) is 42.5. The Labute approximate surface area is 351 Å². The van der Waals surface area contributed by atoms with E-state index in [1.807, 2.05) is 0 Å². The molecule has 58 heavy (non-hydrogen) atoms. The molecule has 0 atom stereocenters. The third-order valence-corrected chi connectivity index (χ3v) is 12.4. The van der Waals surface area contributed by atoms with E-state index in [0.717, 1.165) is 50.7 Å². The van der Waals surface area contributed by atoms with Crippen LogP contribution in [0.4, 0.5) is 11.4 Å². The van der Waals surface area contributed by atoms with Gasteiger partial charge in [-0.25, -0.2) is 0 Å². The van der Waals surface area contributed by atoms with Gasteiger partial charge in [0, 0.05) is 24.2 Å². The van der Waals surface area contributed by atoms with Gasteiger partial charge in [-0.2, -0.15) is 16.8 Å². The Morgan fingerprint density at radius 3 is 0.966 bits per heavy atom. The SMILES string of the molecule is CCCCCCCCCCCCCCCC(=O)Nc1ccc(C=Cc2ccc(NC(=O)CCCCCCCCCCCCCCC)cc2S(=O)(=O)O)c(S(=O)(=O)O)c1. The predicted molar refractivity (Wildman–Crippen MR) is 239 cm³/mol. The number of nitrogens with one attached hydrogen (secondary N) is 2. The maximum absolute atomic E-state index is 12.6. The number of anilines is 2. The number of amides is 2. The molecule has 0 heterocycles. The molecule has 0 saturated heterocycles.